The normalized spacial score (nSPS) is 19.6. The molecule has 0 spiro atoms. The van der Waals surface area contributed by atoms with Gasteiger partial charge in [-0.1, -0.05) is 6.92 Å². The van der Waals surface area contributed by atoms with Gasteiger partial charge in [-0.25, -0.2) is 0 Å². The molecule has 0 aromatic rings. The zero-order valence-electron chi connectivity index (χ0n) is 7.05. The minimum Gasteiger partial charge on any atom is -0.384 e. The molecule has 0 fully saturated rings. The van der Waals surface area contributed by atoms with Gasteiger partial charge in [0, 0.05) is 12.6 Å². The summed E-state index contributed by atoms with van der Waals surface area (Å²) in [4.78, 5) is 3.93. The van der Waals surface area contributed by atoms with Crippen molar-refractivity contribution in [1.82, 2.24) is 0 Å². The van der Waals surface area contributed by atoms with Gasteiger partial charge in [-0.2, -0.15) is 0 Å². The molecule has 1 rings (SSSR count). The lowest BCUT2D eigenvalue weighted by atomic mass is 10.1. The van der Waals surface area contributed by atoms with Gasteiger partial charge in [0.2, 0.25) is 0 Å². The SMILES string of the molecule is CCC1=C(C(N)=NC)COC1. The zero-order chi connectivity index (χ0) is 8.27. The molecule has 62 valence electrons. The van der Waals surface area contributed by atoms with Crippen LogP contribution < -0.4 is 5.73 Å². The third kappa shape index (κ3) is 1.60. The molecule has 1 aliphatic heterocycles. The summed E-state index contributed by atoms with van der Waals surface area (Å²) >= 11 is 0. The van der Waals surface area contributed by atoms with E-state index in [1.54, 1.807) is 7.05 Å². The first kappa shape index (κ1) is 8.27. The highest BCUT2D eigenvalue weighted by atomic mass is 16.5. The first-order valence-electron chi connectivity index (χ1n) is 3.80. The molecular formula is C8H14N2O. The molecule has 0 aromatic heterocycles. The second kappa shape index (κ2) is 3.53. The van der Waals surface area contributed by atoms with Gasteiger partial charge in [0.15, 0.2) is 0 Å². The Bertz CT molecular complexity index is 206. The molecule has 3 heteroatoms. The number of hydrogen-bond donors (Lipinski definition) is 1. The molecule has 0 aliphatic carbocycles. The fourth-order valence-corrected chi connectivity index (χ4v) is 1.17. The maximum absolute atomic E-state index is 5.66. The molecule has 2 N–H and O–H groups in total. The largest absolute Gasteiger partial charge is 0.384 e. The summed E-state index contributed by atoms with van der Waals surface area (Å²) in [5.74, 6) is 0.624. The number of nitrogens with two attached hydrogens (primary N) is 1. The predicted molar refractivity (Wildman–Crippen MR) is 45.7 cm³/mol. The Balaban J connectivity index is 2.83. The van der Waals surface area contributed by atoms with E-state index in [1.807, 2.05) is 0 Å². The highest BCUT2D eigenvalue weighted by Gasteiger charge is 2.15. The third-order valence-electron chi connectivity index (χ3n) is 1.93. The monoisotopic (exact) mass is 154 g/mol. The van der Waals surface area contributed by atoms with Crippen molar-refractivity contribution in [1.29, 1.82) is 0 Å². The van der Waals surface area contributed by atoms with E-state index in [4.69, 9.17) is 10.5 Å². The highest BCUT2D eigenvalue weighted by molar-refractivity contribution is 5.98. The molecule has 0 amide bonds. The van der Waals surface area contributed by atoms with Crippen LogP contribution in [0.4, 0.5) is 0 Å². The zero-order valence-corrected chi connectivity index (χ0v) is 7.05. The molecule has 0 atom stereocenters. The van der Waals surface area contributed by atoms with E-state index < -0.39 is 0 Å². The summed E-state index contributed by atoms with van der Waals surface area (Å²) < 4.78 is 5.25. The van der Waals surface area contributed by atoms with Crippen molar-refractivity contribution in [2.45, 2.75) is 13.3 Å². The van der Waals surface area contributed by atoms with Gasteiger partial charge in [0.25, 0.3) is 0 Å². The Labute approximate surface area is 66.9 Å². The molecule has 0 unspecified atom stereocenters. The lowest BCUT2D eigenvalue weighted by molar-refractivity contribution is 0.205. The number of aliphatic imine (C=N–C) groups is 1. The maximum atomic E-state index is 5.66. The van der Waals surface area contributed by atoms with Gasteiger partial charge in [-0.15, -0.1) is 0 Å². The van der Waals surface area contributed by atoms with Gasteiger partial charge < -0.3 is 10.5 Å². The average molecular weight is 154 g/mol. The van der Waals surface area contributed by atoms with Crippen molar-refractivity contribution < 1.29 is 4.74 Å². The maximum Gasteiger partial charge on any atom is 0.123 e. The van der Waals surface area contributed by atoms with Crippen LogP contribution in [0.25, 0.3) is 0 Å². The quantitative estimate of drug-likeness (QED) is 0.470. The van der Waals surface area contributed by atoms with Crippen molar-refractivity contribution in [3.05, 3.63) is 11.1 Å². The summed E-state index contributed by atoms with van der Waals surface area (Å²) in [6.45, 7) is 3.46. The van der Waals surface area contributed by atoms with Crippen LogP contribution in [-0.4, -0.2) is 26.1 Å². The number of amidine groups is 1. The van der Waals surface area contributed by atoms with E-state index >= 15 is 0 Å². The van der Waals surface area contributed by atoms with E-state index in [2.05, 4.69) is 11.9 Å². The van der Waals surface area contributed by atoms with E-state index in [1.165, 1.54) is 5.57 Å². The summed E-state index contributed by atoms with van der Waals surface area (Å²) in [5.41, 5.74) is 8.03. The van der Waals surface area contributed by atoms with Crippen LogP contribution in [0.15, 0.2) is 16.1 Å². The van der Waals surface area contributed by atoms with Crippen LogP contribution in [0.5, 0.6) is 0 Å². The van der Waals surface area contributed by atoms with Crippen LogP contribution in [-0.2, 0) is 4.74 Å². The van der Waals surface area contributed by atoms with E-state index in [0.717, 1.165) is 18.6 Å². The molecule has 0 bridgehead atoms. The Hall–Kier alpha value is -0.830. The van der Waals surface area contributed by atoms with E-state index in [0.29, 0.717) is 12.4 Å². The van der Waals surface area contributed by atoms with Crippen molar-refractivity contribution in [3.8, 4) is 0 Å². The number of hydrogen-bond acceptors (Lipinski definition) is 2. The van der Waals surface area contributed by atoms with Crippen LogP contribution in [0, 0.1) is 0 Å². The highest BCUT2D eigenvalue weighted by Crippen LogP contribution is 2.16. The Morgan fingerprint density at radius 2 is 2.36 bits per heavy atom. The van der Waals surface area contributed by atoms with Gasteiger partial charge in [0.05, 0.1) is 13.2 Å². The van der Waals surface area contributed by atoms with Gasteiger partial charge in [0.1, 0.15) is 5.84 Å². The van der Waals surface area contributed by atoms with Crippen molar-refractivity contribution in [2.75, 3.05) is 20.3 Å². The fraction of sp³-hybridized carbons (Fsp3) is 0.625. The second-order valence-corrected chi connectivity index (χ2v) is 2.54. The van der Waals surface area contributed by atoms with Crippen LogP contribution in [0.3, 0.4) is 0 Å². The molecule has 0 saturated carbocycles. The van der Waals surface area contributed by atoms with Gasteiger partial charge in [-0.05, 0) is 12.0 Å². The van der Waals surface area contributed by atoms with Crippen LogP contribution in [0.2, 0.25) is 0 Å². The molecule has 0 radical (unpaired) electrons. The molecule has 3 nitrogen and oxygen atoms in total. The predicted octanol–water partition coefficient (Wildman–Crippen LogP) is 0.710. The van der Waals surface area contributed by atoms with Crippen molar-refractivity contribution in [2.24, 2.45) is 10.7 Å². The van der Waals surface area contributed by atoms with Gasteiger partial charge >= 0.3 is 0 Å². The average Bonchev–Trinajstić information content (AvgIpc) is 2.50. The molecule has 1 aliphatic rings. The van der Waals surface area contributed by atoms with Gasteiger partial charge in [-0.3, -0.25) is 4.99 Å². The molecule has 1 heterocycles. The van der Waals surface area contributed by atoms with Crippen molar-refractivity contribution in [3.63, 3.8) is 0 Å². The Morgan fingerprint density at radius 1 is 1.64 bits per heavy atom. The molecule has 0 aromatic carbocycles. The van der Waals surface area contributed by atoms with Crippen LogP contribution >= 0.6 is 0 Å². The van der Waals surface area contributed by atoms with E-state index in [-0.39, 0.29) is 0 Å². The Morgan fingerprint density at radius 3 is 2.91 bits per heavy atom. The minimum absolute atomic E-state index is 0.624. The number of nitrogens with zero attached hydrogens (tertiary/aromatic N) is 1. The van der Waals surface area contributed by atoms with E-state index in [9.17, 15) is 0 Å². The lowest BCUT2D eigenvalue weighted by Crippen LogP contribution is -2.16. The first-order chi connectivity index (χ1) is 5.29. The summed E-state index contributed by atoms with van der Waals surface area (Å²) in [5, 5.41) is 0. The Kier molecular flexibility index (Phi) is 2.65. The third-order valence-corrected chi connectivity index (χ3v) is 1.93. The second-order valence-electron chi connectivity index (χ2n) is 2.54. The van der Waals surface area contributed by atoms with Crippen molar-refractivity contribution >= 4 is 5.84 Å². The summed E-state index contributed by atoms with van der Waals surface area (Å²) in [6.07, 6.45) is 1.01. The summed E-state index contributed by atoms with van der Waals surface area (Å²) in [7, 11) is 1.70. The summed E-state index contributed by atoms with van der Waals surface area (Å²) in [6, 6.07) is 0. The van der Waals surface area contributed by atoms with Crippen LogP contribution in [0.1, 0.15) is 13.3 Å². The molecular weight excluding hydrogens is 140 g/mol. The molecule has 0 saturated heterocycles. The molecule has 11 heavy (non-hydrogen) atoms. The fourth-order valence-electron chi connectivity index (χ4n) is 1.17. The first-order valence-corrected chi connectivity index (χ1v) is 3.80. The standard InChI is InChI=1S/C8H14N2O/c1-3-6-4-11-5-7(6)8(9)10-2/h3-5H2,1-2H3,(H2,9,10). The topological polar surface area (TPSA) is 47.6 Å². The number of ether oxygens (including phenoxy) is 1. The smallest absolute Gasteiger partial charge is 0.123 e. The lowest BCUT2D eigenvalue weighted by Gasteiger charge is -2.00. The minimum atomic E-state index is 0.624. The number of rotatable bonds is 2.